The Morgan fingerprint density at radius 1 is 0.933 bits per heavy atom. The molecule has 0 bridgehead atoms. The van der Waals surface area contributed by atoms with E-state index < -0.39 is 11.6 Å². The van der Waals surface area contributed by atoms with Gasteiger partial charge in [0.05, 0.1) is 16.0 Å². The fourth-order valence-corrected chi connectivity index (χ4v) is 4.47. The largest absolute Gasteiger partial charge is 0.858 e. The predicted molar refractivity (Wildman–Crippen MR) is 123 cm³/mol. The summed E-state index contributed by atoms with van der Waals surface area (Å²) in [5.41, 5.74) is 1.35. The molecule has 4 N–H and O–H groups in total. The van der Waals surface area contributed by atoms with E-state index in [1.807, 2.05) is 60.7 Å². The average Bonchev–Trinajstić information content (AvgIpc) is 3.00. The molecule has 8 heteroatoms. The zero-order valence-electron chi connectivity index (χ0n) is 15.7. The van der Waals surface area contributed by atoms with Crippen molar-refractivity contribution in [3.05, 3.63) is 110 Å². The summed E-state index contributed by atoms with van der Waals surface area (Å²) in [5, 5.41) is 16.5. The molecule has 0 amide bonds. The van der Waals surface area contributed by atoms with Gasteiger partial charge in [-0.1, -0.05) is 93.9 Å². The molecule has 30 heavy (non-hydrogen) atoms. The fraction of sp³-hybridized carbons (Fsp3) is 0.0455. The van der Waals surface area contributed by atoms with E-state index in [-0.39, 0.29) is 16.9 Å². The number of hydrogen-bond donors (Lipinski definition) is 2. The van der Waals surface area contributed by atoms with Crippen LogP contribution in [-0.2, 0) is 0 Å². The fourth-order valence-electron chi connectivity index (χ4n) is 3.10. The maximum atomic E-state index is 13.2. The Morgan fingerprint density at radius 3 is 2.20 bits per heavy atom. The standard InChI is InChI=1S/C22H16BrClN2O2S.H3N/c23-16-12-10-15(11-13-16)19(14-6-2-1-3-7-14)26-22(28)20(21(27)25-26)29-18-9-5-4-8-17(18)24;/h1-13,19,28H,(H,25,27);1H3/p-1. The molecular formula is C22H18BrClN3O2S-. The summed E-state index contributed by atoms with van der Waals surface area (Å²) >= 11 is 10.7. The third-order valence-corrected chi connectivity index (χ3v) is 6.56. The van der Waals surface area contributed by atoms with Crippen molar-refractivity contribution in [3.63, 3.8) is 0 Å². The van der Waals surface area contributed by atoms with Gasteiger partial charge in [0.25, 0.3) is 5.56 Å². The maximum absolute atomic E-state index is 13.2. The Hall–Kier alpha value is -2.45. The van der Waals surface area contributed by atoms with Crippen molar-refractivity contribution < 1.29 is 5.11 Å². The van der Waals surface area contributed by atoms with Crippen molar-refractivity contribution in [2.24, 2.45) is 0 Å². The number of benzene rings is 3. The molecule has 0 fully saturated rings. The second-order valence-electron chi connectivity index (χ2n) is 6.34. The molecule has 154 valence electrons. The van der Waals surface area contributed by atoms with Gasteiger partial charge in [0.2, 0.25) is 0 Å². The molecular weight excluding hydrogens is 486 g/mol. The summed E-state index contributed by atoms with van der Waals surface area (Å²) in [4.78, 5) is 13.4. The van der Waals surface area contributed by atoms with Crippen molar-refractivity contribution in [2.45, 2.75) is 15.8 Å². The van der Waals surface area contributed by atoms with E-state index in [2.05, 4.69) is 21.0 Å². The lowest BCUT2D eigenvalue weighted by atomic mass is 9.99. The third-order valence-electron chi connectivity index (χ3n) is 4.45. The van der Waals surface area contributed by atoms with Crippen LogP contribution in [0.15, 0.2) is 97.9 Å². The normalized spacial score (nSPS) is 11.7. The summed E-state index contributed by atoms with van der Waals surface area (Å²) in [6.45, 7) is 0. The smallest absolute Gasteiger partial charge is 0.277 e. The molecule has 0 spiro atoms. The van der Waals surface area contributed by atoms with E-state index in [4.69, 9.17) is 11.6 Å². The van der Waals surface area contributed by atoms with E-state index in [0.29, 0.717) is 9.92 Å². The molecule has 0 aliphatic heterocycles. The van der Waals surface area contributed by atoms with Crippen LogP contribution in [0.1, 0.15) is 17.2 Å². The van der Waals surface area contributed by atoms with Crippen LogP contribution >= 0.6 is 39.3 Å². The van der Waals surface area contributed by atoms with E-state index in [1.165, 1.54) is 4.68 Å². The Kier molecular flexibility index (Phi) is 7.10. The van der Waals surface area contributed by atoms with Crippen LogP contribution in [-0.4, -0.2) is 9.78 Å². The predicted octanol–water partition coefficient (Wildman–Crippen LogP) is 5.62. The number of aromatic nitrogens is 2. The zero-order valence-corrected chi connectivity index (χ0v) is 18.9. The first-order valence-corrected chi connectivity index (χ1v) is 10.8. The van der Waals surface area contributed by atoms with Crippen LogP contribution in [0.5, 0.6) is 5.88 Å². The molecule has 1 atom stereocenters. The molecule has 3 aromatic carbocycles. The SMILES string of the molecule is N.O=c1[nH]n(C(c2ccccc2)c2ccc(Br)cc2)c([O-])c1Sc1ccccc1Cl. The van der Waals surface area contributed by atoms with Gasteiger partial charge in [-0.3, -0.25) is 14.6 Å². The Morgan fingerprint density at radius 2 is 1.53 bits per heavy atom. The molecule has 1 unspecified atom stereocenters. The number of H-pyrrole nitrogens is 1. The molecule has 1 heterocycles. The second kappa shape index (κ2) is 9.57. The van der Waals surface area contributed by atoms with Crippen molar-refractivity contribution in [1.82, 2.24) is 15.9 Å². The van der Waals surface area contributed by atoms with Gasteiger partial charge in [-0.05, 0) is 35.4 Å². The van der Waals surface area contributed by atoms with Crippen molar-refractivity contribution in [3.8, 4) is 5.88 Å². The van der Waals surface area contributed by atoms with E-state index >= 15 is 0 Å². The van der Waals surface area contributed by atoms with Gasteiger partial charge in [-0.2, -0.15) is 0 Å². The molecule has 0 aliphatic carbocycles. The third kappa shape index (κ3) is 4.49. The highest BCUT2D eigenvalue weighted by molar-refractivity contribution is 9.10. The molecule has 5 nitrogen and oxygen atoms in total. The van der Waals surface area contributed by atoms with Gasteiger partial charge >= 0.3 is 0 Å². The highest BCUT2D eigenvalue weighted by Gasteiger charge is 2.21. The second-order valence-corrected chi connectivity index (χ2v) is 8.72. The molecule has 4 rings (SSSR count). The number of hydrogen-bond acceptors (Lipinski definition) is 4. The van der Waals surface area contributed by atoms with Crippen LogP contribution < -0.4 is 16.8 Å². The minimum Gasteiger partial charge on any atom is -0.858 e. The molecule has 0 saturated heterocycles. The lowest BCUT2D eigenvalue weighted by molar-refractivity contribution is -0.284. The minimum absolute atomic E-state index is 0. The number of halogens is 2. The molecule has 0 aliphatic rings. The van der Waals surface area contributed by atoms with Gasteiger partial charge in [-0.25, -0.2) is 0 Å². The number of rotatable bonds is 5. The van der Waals surface area contributed by atoms with Crippen molar-refractivity contribution >= 4 is 39.3 Å². The molecule has 0 radical (unpaired) electrons. The maximum Gasteiger partial charge on any atom is 0.277 e. The van der Waals surface area contributed by atoms with E-state index in [1.54, 1.807) is 18.2 Å². The summed E-state index contributed by atoms with van der Waals surface area (Å²) in [5.74, 6) is -0.378. The monoisotopic (exact) mass is 502 g/mol. The number of nitrogens with zero attached hydrogens (tertiary/aromatic N) is 1. The van der Waals surface area contributed by atoms with Gasteiger partial charge in [0, 0.05) is 15.2 Å². The lowest BCUT2D eigenvalue weighted by Crippen LogP contribution is -2.18. The lowest BCUT2D eigenvalue weighted by Gasteiger charge is -2.24. The van der Waals surface area contributed by atoms with Crippen LogP contribution in [0.4, 0.5) is 0 Å². The van der Waals surface area contributed by atoms with Crippen LogP contribution in [0.25, 0.3) is 0 Å². The van der Waals surface area contributed by atoms with Crippen LogP contribution in [0.3, 0.4) is 0 Å². The first-order valence-electron chi connectivity index (χ1n) is 8.79. The van der Waals surface area contributed by atoms with Crippen molar-refractivity contribution in [2.75, 3.05) is 0 Å². The highest BCUT2D eigenvalue weighted by atomic mass is 79.9. The van der Waals surface area contributed by atoms with Crippen LogP contribution in [0.2, 0.25) is 5.02 Å². The zero-order chi connectivity index (χ0) is 20.4. The molecule has 1 aromatic heterocycles. The van der Waals surface area contributed by atoms with Gasteiger partial charge in [-0.15, -0.1) is 0 Å². The van der Waals surface area contributed by atoms with Gasteiger partial charge in [0.1, 0.15) is 0 Å². The highest BCUT2D eigenvalue weighted by Crippen LogP contribution is 2.37. The van der Waals surface area contributed by atoms with Crippen molar-refractivity contribution in [1.29, 1.82) is 0 Å². The average molecular weight is 504 g/mol. The summed E-state index contributed by atoms with van der Waals surface area (Å²) in [6, 6.07) is 24.0. The Labute approximate surface area is 191 Å². The summed E-state index contributed by atoms with van der Waals surface area (Å²) in [6.07, 6.45) is 0. The Balaban J connectivity index is 0.00000256. The van der Waals surface area contributed by atoms with E-state index in [9.17, 15) is 9.90 Å². The Bertz CT molecular complexity index is 1190. The number of nitrogens with one attached hydrogen (secondary N) is 1. The van der Waals surface area contributed by atoms with E-state index in [0.717, 1.165) is 27.4 Å². The molecule has 0 saturated carbocycles. The summed E-state index contributed by atoms with van der Waals surface area (Å²) in [7, 11) is 0. The van der Waals surface area contributed by atoms with Gasteiger partial charge in [0.15, 0.2) is 0 Å². The van der Waals surface area contributed by atoms with Crippen LogP contribution in [0, 0.1) is 0 Å². The topological polar surface area (TPSA) is 95.8 Å². The summed E-state index contributed by atoms with van der Waals surface area (Å²) < 4.78 is 2.33. The van der Waals surface area contributed by atoms with Gasteiger partial charge < -0.3 is 11.3 Å². The molecule has 4 aromatic rings. The number of aromatic amines is 1. The quantitative estimate of drug-likeness (QED) is 0.369. The first-order chi connectivity index (χ1) is 14.0. The minimum atomic E-state index is -0.454. The first kappa shape index (κ1) is 22.2.